The minimum atomic E-state index is -1.09. The Bertz CT molecular complexity index is 588. The van der Waals surface area contributed by atoms with Crippen molar-refractivity contribution < 1.29 is 14.4 Å². The van der Waals surface area contributed by atoms with E-state index in [1.165, 1.54) is 11.3 Å². The van der Waals surface area contributed by atoms with Gasteiger partial charge in [-0.3, -0.25) is 4.79 Å². The molecular weight excluding hydrogens is 276 g/mol. The largest absolute Gasteiger partial charge is 0.384 e. The van der Waals surface area contributed by atoms with Crippen LogP contribution in [0.5, 0.6) is 0 Å². The maximum absolute atomic E-state index is 12.2. The van der Waals surface area contributed by atoms with E-state index in [2.05, 4.69) is 10.5 Å². The van der Waals surface area contributed by atoms with Crippen LogP contribution in [0.2, 0.25) is 0 Å². The second-order valence-corrected chi connectivity index (χ2v) is 5.66. The van der Waals surface area contributed by atoms with E-state index in [1.54, 1.807) is 13.8 Å². The van der Waals surface area contributed by atoms with Crippen LogP contribution < -0.4 is 5.32 Å². The van der Waals surface area contributed by atoms with E-state index in [1.807, 2.05) is 23.8 Å². The summed E-state index contributed by atoms with van der Waals surface area (Å²) in [5.41, 5.74) is 0.803. The van der Waals surface area contributed by atoms with Gasteiger partial charge in [0.1, 0.15) is 16.9 Å². The summed E-state index contributed by atoms with van der Waals surface area (Å²) in [6.45, 7) is 5.43. The minimum Gasteiger partial charge on any atom is -0.384 e. The van der Waals surface area contributed by atoms with Crippen molar-refractivity contribution in [2.45, 2.75) is 32.8 Å². The summed E-state index contributed by atoms with van der Waals surface area (Å²) in [6.07, 6.45) is 0.626. The highest BCUT2D eigenvalue weighted by atomic mass is 32.1. The molecule has 2 aromatic rings. The molecule has 6 heteroatoms. The first-order valence-electron chi connectivity index (χ1n) is 6.44. The molecule has 0 unspecified atom stereocenters. The van der Waals surface area contributed by atoms with Crippen LogP contribution in [-0.2, 0) is 12.0 Å². The number of aryl methyl sites for hydroxylation is 2. The molecule has 2 aromatic heterocycles. The molecule has 2 heterocycles. The predicted molar refractivity (Wildman–Crippen MR) is 76.8 cm³/mol. The number of aromatic nitrogens is 1. The molecule has 0 saturated heterocycles. The van der Waals surface area contributed by atoms with Crippen molar-refractivity contribution in [2.24, 2.45) is 0 Å². The lowest BCUT2D eigenvalue weighted by Gasteiger charge is -2.22. The van der Waals surface area contributed by atoms with Crippen LogP contribution in [0, 0.1) is 6.92 Å². The molecule has 0 aliphatic heterocycles. The van der Waals surface area contributed by atoms with E-state index in [4.69, 9.17) is 4.52 Å². The van der Waals surface area contributed by atoms with Gasteiger partial charge in [0, 0.05) is 0 Å². The maximum atomic E-state index is 12.2. The zero-order valence-electron chi connectivity index (χ0n) is 11.8. The zero-order valence-corrected chi connectivity index (χ0v) is 12.6. The monoisotopic (exact) mass is 294 g/mol. The highest BCUT2D eigenvalue weighted by molar-refractivity contribution is 7.08. The fourth-order valence-corrected chi connectivity index (χ4v) is 2.75. The van der Waals surface area contributed by atoms with Gasteiger partial charge in [-0.2, -0.15) is 11.3 Å². The van der Waals surface area contributed by atoms with Crippen molar-refractivity contribution in [1.82, 2.24) is 10.5 Å². The van der Waals surface area contributed by atoms with Crippen molar-refractivity contribution in [3.8, 4) is 0 Å². The number of nitrogens with one attached hydrogen (secondary N) is 1. The number of amides is 1. The van der Waals surface area contributed by atoms with Gasteiger partial charge in [0.2, 0.25) is 0 Å². The fourth-order valence-electron chi connectivity index (χ4n) is 1.96. The summed E-state index contributed by atoms with van der Waals surface area (Å²) in [5, 5.41) is 20.7. The van der Waals surface area contributed by atoms with Gasteiger partial charge in [0.25, 0.3) is 5.91 Å². The van der Waals surface area contributed by atoms with Gasteiger partial charge < -0.3 is 14.9 Å². The summed E-state index contributed by atoms with van der Waals surface area (Å²) in [5.74, 6) is 0.227. The van der Waals surface area contributed by atoms with Crippen molar-refractivity contribution in [2.75, 3.05) is 6.54 Å². The van der Waals surface area contributed by atoms with Crippen LogP contribution in [0.15, 0.2) is 21.3 Å². The fraction of sp³-hybridized carbons (Fsp3) is 0.429. The van der Waals surface area contributed by atoms with Gasteiger partial charge in [-0.05, 0) is 42.7 Å². The molecule has 0 saturated carbocycles. The third-order valence-electron chi connectivity index (χ3n) is 3.23. The molecule has 0 bridgehead atoms. The number of carbonyl (C=O) groups excluding carboxylic acids is 1. The van der Waals surface area contributed by atoms with Crippen LogP contribution in [0.1, 0.15) is 41.2 Å². The van der Waals surface area contributed by atoms with Gasteiger partial charge in [-0.1, -0.05) is 12.1 Å². The molecule has 20 heavy (non-hydrogen) atoms. The quantitative estimate of drug-likeness (QED) is 0.887. The van der Waals surface area contributed by atoms with Gasteiger partial charge >= 0.3 is 0 Å². The third-order valence-corrected chi connectivity index (χ3v) is 3.91. The highest BCUT2D eigenvalue weighted by Gasteiger charge is 2.26. The summed E-state index contributed by atoms with van der Waals surface area (Å²) >= 11 is 1.51. The average Bonchev–Trinajstić information content (AvgIpc) is 3.05. The maximum Gasteiger partial charge on any atom is 0.256 e. The van der Waals surface area contributed by atoms with Crippen molar-refractivity contribution >= 4 is 17.2 Å². The summed E-state index contributed by atoms with van der Waals surface area (Å²) in [7, 11) is 0. The van der Waals surface area contributed by atoms with Crippen LogP contribution in [0.25, 0.3) is 0 Å². The molecular formula is C14H18N2O3S. The summed E-state index contributed by atoms with van der Waals surface area (Å²) in [4.78, 5) is 12.2. The van der Waals surface area contributed by atoms with Crippen molar-refractivity contribution in [3.05, 3.63) is 39.4 Å². The van der Waals surface area contributed by atoms with E-state index >= 15 is 0 Å². The molecule has 1 atom stereocenters. The molecule has 2 rings (SSSR count). The lowest BCUT2D eigenvalue weighted by atomic mass is 9.99. The highest BCUT2D eigenvalue weighted by Crippen LogP contribution is 2.22. The van der Waals surface area contributed by atoms with Crippen molar-refractivity contribution in [3.63, 3.8) is 0 Å². The average molecular weight is 294 g/mol. The normalized spacial score (nSPS) is 14.0. The topological polar surface area (TPSA) is 75.4 Å². The number of thiophene rings is 1. The number of rotatable bonds is 5. The first-order valence-corrected chi connectivity index (χ1v) is 7.38. The smallest absolute Gasteiger partial charge is 0.256 e. The van der Waals surface area contributed by atoms with Gasteiger partial charge in [0.15, 0.2) is 0 Å². The number of aliphatic hydroxyl groups is 1. The lowest BCUT2D eigenvalue weighted by Crippen LogP contribution is -2.38. The van der Waals surface area contributed by atoms with Crippen LogP contribution in [0.3, 0.4) is 0 Å². The van der Waals surface area contributed by atoms with Crippen LogP contribution in [-0.4, -0.2) is 22.7 Å². The van der Waals surface area contributed by atoms with Gasteiger partial charge in [-0.25, -0.2) is 0 Å². The minimum absolute atomic E-state index is 0.135. The SMILES string of the molecule is CCc1noc(C)c1C(=O)NC[C@](C)(O)c1ccsc1. The Morgan fingerprint density at radius 2 is 2.35 bits per heavy atom. The van der Waals surface area contributed by atoms with E-state index in [0.717, 1.165) is 5.56 Å². The molecule has 0 aromatic carbocycles. The van der Waals surface area contributed by atoms with E-state index in [0.29, 0.717) is 23.4 Å². The number of hydrogen-bond donors (Lipinski definition) is 2. The Morgan fingerprint density at radius 3 is 2.95 bits per heavy atom. The second kappa shape index (κ2) is 5.76. The molecule has 0 aliphatic rings. The molecule has 1 amide bonds. The first-order chi connectivity index (χ1) is 9.45. The van der Waals surface area contributed by atoms with Crippen molar-refractivity contribution in [1.29, 1.82) is 0 Å². The standard InChI is InChI=1S/C14H18N2O3S/c1-4-11-12(9(2)19-16-11)13(17)15-8-14(3,18)10-5-6-20-7-10/h5-7,18H,4,8H2,1-3H3,(H,15,17)/t14-/m0/s1. The molecule has 108 valence electrons. The van der Waals surface area contributed by atoms with Gasteiger partial charge in [-0.15, -0.1) is 0 Å². The first kappa shape index (κ1) is 14.7. The third kappa shape index (κ3) is 2.91. The molecule has 0 fully saturated rings. The summed E-state index contributed by atoms with van der Waals surface area (Å²) in [6, 6.07) is 1.85. The number of carbonyl (C=O) groups is 1. The molecule has 0 spiro atoms. The molecule has 0 aliphatic carbocycles. The Morgan fingerprint density at radius 1 is 1.60 bits per heavy atom. The van der Waals surface area contributed by atoms with Gasteiger partial charge in [0.05, 0.1) is 12.2 Å². The van der Waals surface area contributed by atoms with Crippen LogP contribution in [0.4, 0.5) is 0 Å². The van der Waals surface area contributed by atoms with E-state index in [-0.39, 0.29) is 12.5 Å². The lowest BCUT2D eigenvalue weighted by molar-refractivity contribution is 0.0529. The van der Waals surface area contributed by atoms with E-state index in [9.17, 15) is 9.90 Å². The zero-order chi connectivity index (χ0) is 14.8. The number of nitrogens with zero attached hydrogens (tertiary/aromatic N) is 1. The molecule has 2 N–H and O–H groups in total. The Hall–Kier alpha value is -1.66. The summed E-state index contributed by atoms with van der Waals surface area (Å²) < 4.78 is 5.04. The molecule has 5 nitrogen and oxygen atoms in total. The Balaban J connectivity index is 2.07. The Kier molecular flexibility index (Phi) is 4.25. The second-order valence-electron chi connectivity index (χ2n) is 4.88. The predicted octanol–water partition coefficient (Wildman–Crippen LogP) is 2.24. The van der Waals surface area contributed by atoms with Crippen LogP contribution >= 0.6 is 11.3 Å². The molecule has 0 radical (unpaired) electrons. The number of hydrogen-bond acceptors (Lipinski definition) is 5. The Labute approximate surface area is 121 Å². The van der Waals surface area contributed by atoms with E-state index < -0.39 is 5.60 Å².